The molecule has 0 radical (unpaired) electrons. The zero-order chi connectivity index (χ0) is 24.2. The predicted molar refractivity (Wildman–Crippen MR) is 127 cm³/mol. The molecule has 35 heavy (non-hydrogen) atoms. The summed E-state index contributed by atoms with van der Waals surface area (Å²) in [5.41, 5.74) is 2.24. The van der Waals surface area contributed by atoms with Gasteiger partial charge in [-0.15, -0.1) is 0 Å². The first kappa shape index (κ1) is 24.2. The lowest BCUT2D eigenvalue weighted by atomic mass is 9.99. The highest BCUT2D eigenvalue weighted by atomic mass is 19.4. The van der Waals surface area contributed by atoms with Crippen LogP contribution < -0.4 is 14.7 Å². The molecular formula is C25H24F3N5O2. The van der Waals surface area contributed by atoms with Gasteiger partial charge in [-0.2, -0.15) is 13.2 Å². The lowest BCUT2D eigenvalue weighted by Gasteiger charge is -2.40. The van der Waals surface area contributed by atoms with Crippen molar-refractivity contribution in [3.8, 4) is 0 Å². The summed E-state index contributed by atoms with van der Waals surface area (Å²) in [5, 5.41) is 0. The fourth-order valence-electron chi connectivity index (χ4n) is 4.58. The van der Waals surface area contributed by atoms with Crippen LogP contribution in [0.5, 0.6) is 0 Å². The molecule has 2 aliphatic heterocycles. The molecule has 5 rings (SSSR count). The third-order valence-electron chi connectivity index (χ3n) is 6.19. The standard InChI is InChI=1S/C24H20F3N5O2.CH4/c1-14-22(33)30(2)18-9-10-19(29-21(18)31(14)13-24(25,26)27)32-20(15-6-5-11-28-12-15)16-7-3-4-8-17(16)23(32)34;/h3-12,14,20H,13H2,1-2H3;1H4. The molecule has 0 N–H and O–H groups in total. The molecule has 7 nitrogen and oxygen atoms in total. The van der Waals surface area contributed by atoms with Gasteiger partial charge in [0.1, 0.15) is 18.4 Å². The molecule has 4 heterocycles. The fourth-order valence-corrected chi connectivity index (χ4v) is 4.58. The maximum Gasteiger partial charge on any atom is 0.406 e. The van der Waals surface area contributed by atoms with Gasteiger partial charge in [0.05, 0.1) is 11.7 Å². The number of pyridine rings is 2. The van der Waals surface area contributed by atoms with Crippen molar-refractivity contribution in [3.63, 3.8) is 0 Å². The minimum absolute atomic E-state index is 0. The molecule has 182 valence electrons. The number of anilines is 3. The lowest BCUT2D eigenvalue weighted by molar-refractivity contribution is -0.126. The summed E-state index contributed by atoms with van der Waals surface area (Å²) in [4.78, 5) is 38.4. The number of rotatable bonds is 3. The molecule has 2 aromatic heterocycles. The van der Waals surface area contributed by atoms with Crippen LogP contribution in [0, 0.1) is 0 Å². The van der Waals surface area contributed by atoms with Crippen molar-refractivity contribution in [1.29, 1.82) is 0 Å². The minimum Gasteiger partial charge on any atom is -0.334 e. The van der Waals surface area contributed by atoms with E-state index in [1.807, 2.05) is 18.2 Å². The van der Waals surface area contributed by atoms with Gasteiger partial charge in [0.25, 0.3) is 5.91 Å². The average molecular weight is 483 g/mol. The van der Waals surface area contributed by atoms with Crippen LogP contribution in [-0.4, -0.2) is 47.6 Å². The Morgan fingerprint density at radius 3 is 2.46 bits per heavy atom. The Labute approximate surface area is 200 Å². The maximum atomic E-state index is 13.4. The number of carbonyl (C=O) groups excluding carboxylic acids is 2. The van der Waals surface area contributed by atoms with Gasteiger partial charge in [0, 0.05) is 25.0 Å². The van der Waals surface area contributed by atoms with Crippen LogP contribution in [0.1, 0.15) is 41.9 Å². The number of carbonyl (C=O) groups is 2. The van der Waals surface area contributed by atoms with Crippen LogP contribution in [0.2, 0.25) is 0 Å². The van der Waals surface area contributed by atoms with Gasteiger partial charge < -0.3 is 9.80 Å². The Bertz CT molecular complexity index is 1280. The van der Waals surface area contributed by atoms with E-state index in [1.165, 1.54) is 29.8 Å². The number of alkyl halides is 3. The van der Waals surface area contributed by atoms with Crippen LogP contribution in [0.15, 0.2) is 60.9 Å². The monoisotopic (exact) mass is 483 g/mol. The van der Waals surface area contributed by atoms with Gasteiger partial charge in [0.15, 0.2) is 5.82 Å². The van der Waals surface area contributed by atoms with E-state index in [-0.39, 0.29) is 30.7 Å². The van der Waals surface area contributed by atoms with Gasteiger partial charge in [-0.1, -0.05) is 31.7 Å². The normalized spacial score (nSPS) is 19.4. The smallest absolute Gasteiger partial charge is 0.334 e. The number of likely N-dealkylation sites (N-methyl/N-ethyl adjacent to an activating group) is 1. The van der Waals surface area contributed by atoms with Crippen molar-refractivity contribution in [3.05, 3.63) is 77.6 Å². The SMILES string of the molecule is C.CC1C(=O)N(C)c2ccc(N3C(=O)c4ccccc4C3c3cccnc3)nc2N1CC(F)(F)F. The van der Waals surface area contributed by atoms with Crippen LogP contribution >= 0.6 is 0 Å². The van der Waals surface area contributed by atoms with E-state index < -0.39 is 30.7 Å². The van der Waals surface area contributed by atoms with Crippen molar-refractivity contribution < 1.29 is 22.8 Å². The number of hydrogen-bond donors (Lipinski definition) is 0. The van der Waals surface area contributed by atoms with E-state index >= 15 is 0 Å². The third kappa shape index (κ3) is 3.98. The molecule has 0 aliphatic carbocycles. The number of hydrogen-bond acceptors (Lipinski definition) is 5. The fraction of sp³-hybridized carbons (Fsp3) is 0.280. The Morgan fingerprint density at radius 1 is 1.03 bits per heavy atom. The summed E-state index contributed by atoms with van der Waals surface area (Å²) in [5.74, 6) is -0.592. The van der Waals surface area contributed by atoms with Crippen LogP contribution in [-0.2, 0) is 4.79 Å². The Morgan fingerprint density at radius 2 is 1.77 bits per heavy atom. The molecular weight excluding hydrogens is 459 g/mol. The van der Waals surface area contributed by atoms with Crippen LogP contribution in [0.3, 0.4) is 0 Å². The second-order valence-corrected chi connectivity index (χ2v) is 8.28. The Hall–Kier alpha value is -3.95. The van der Waals surface area contributed by atoms with E-state index in [4.69, 9.17) is 0 Å². The molecule has 0 spiro atoms. The van der Waals surface area contributed by atoms with E-state index in [9.17, 15) is 22.8 Å². The quantitative estimate of drug-likeness (QED) is 0.545. The topological polar surface area (TPSA) is 69.6 Å². The Kier molecular flexibility index (Phi) is 6.00. The van der Waals surface area contributed by atoms with E-state index in [1.54, 1.807) is 36.7 Å². The number of benzene rings is 1. The number of fused-ring (bicyclic) bond motifs is 2. The largest absolute Gasteiger partial charge is 0.406 e. The summed E-state index contributed by atoms with van der Waals surface area (Å²) < 4.78 is 40.2. The number of nitrogens with zero attached hydrogens (tertiary/aromatic N) is 5. The summed E-state index contributed by atoms with van der Waals surface area (Å²) in [6.07, 6.45) is -1.27. The molecule has 10 heteroatoms. The predicted octanol–water partition coefficient (Wildman–Crippen LogP) is 4.60. The molecule has 2 atom stereocenters. The van der Waals surface area contributed by atoms with Gasteiger partial charge in [0.2, 0.25) is 5.91 Å². The molecule has 2 unspecified atom stereocenters. The molecule has 3 aromatic rings. The van der Waals surface area contributed by atoms with Gasteiger partial charge in [-0.25, -0.2) is 4.98 Å². The van der Waals surface area contributed by atoms with Crippen molar-refractivity contribution >= 4 is 29.1 Å². The highest BCUT2D eigenvalue weighted by Gasteiger charge is 2.43. The molecule has 1 aromatic carbocycles. The first-order chi connectivity index (χ1) is 16.2. The van der Waals surface area contributed by atoms with Crippen molar-refractivity contribution in [2.45, 2.75) is 32.6 Å². The Balaban J connectivity index is 0.00000289. The van der Waals surface area contributed by atoms with Crippen molar-refractivity contribution in [1.82, 2.24) is 9.97 Å². The van der Waals surface area contributed by atoms with Gasteiger partial charge >= 0.3 is 6.18 Å². The summed E-state index contributed by atoms with van der Waals surface area (Å²) in [7, 11) is 1.50. The molecule has 2 amide bonds. The zero-order valence-corrected chi connectivity index (χ0v) is 18.3. The highest BCUT2D eigenvalue weighted by molar-refractivity contribution is 6.12. The summed E-state index contributed by atoms with van der Waals surface area (Å²) in [6, 6.07) is 12.2. The second kappa shape index (κ2) is 8.68. The zero-order valence-electron chi connectivity index (χ0n) is 18.3. The highest BCUT2D eigenvalue weighted by Crippen LogP contribution is 2.43. The second-order valence-electron chi connectivity index (χ2n) is 8.28. The molecule has 0 bridgehead atoms. The molecule has 0 saturated carbocycles. The number of aromatic nitrogens is 2. The van der Waals surface area contributed by atoms with E-state index in [0.717, 1.165) is 16.0 Å². The summed E-state index contributed by atoms with van der Waals surface area (Å²) in [6.45, 7) is 0.0780. The molecule has 2 aliphatic rings. The minimum atomic E-state index is -4.54. The average Bonchev–Trinajstić information content (AvgIpc) is 3.12. The first-order valence-corrected chi connectivity index (χ1v) is 10.6. The molecule has 0 saturated heterocycles. The van der Waals surface area contributed by atoms with Crippen molar-refractivity contribution in [2.75, 3.05) is 28.3 Å². The number of amides is 2. The summed E-state index contributed by atoms with van der Waals surface area (Å²) >= 11 is 0. The lowest BCUT2D eigenvalue weighted by Crippen LogP contribution is -2.53. The van der Waals surface area contributed by atoms with Crippen molar-refractivity contribution in [2.24, 2.45) is 0 Å². The van der Waals surface area contributed by atoms with Gasteiger partial charge in [-0.3, -0.25) is 19.5 Å². The van der Waals surface area contributed by atoms with E-state index in [0.29, 0.717) is 5.56 Å². The number of halogens is 3. The van der Waals surface area contributed by atoms with Crippen LogP contribution in [0.25, 0.3) is 0 Å². The van der Waals surface area contributed by atoms with E-state index in [2.05, 4.69) is 9.97 Å². The first-order valence-electron chi connectivity index (χ1n) is 10.6. The van der Waals surface area contributed by atoms with Gasteiger partial charge in [-0.05, 0) is 42.3 Å². The third-order valence-corrected chi connectivity index (χ3v) is 6.19. The maximum absolute atomic E-state index is 13.4. The molecule has 0 fully saturated rings. The van der Waals surface area contributed by atoms with Crippen LogP contribution in [0.4, 0.5) is 30.5 Å².